The molecule has 1 aliphatic heterocycles. The Balaban J connectivity index is 1.73. The summed E-state index contributed by atoms with van der Waals surface area (Å²) in [4.78, 5) is 12.0. The molecule has 0 aliphatic carbocycles. The molecule has 1 amide bonds. The maximum atomic E-state index is 12.0. The lowest BCUT2D eigenvalue weighted by atomic mass is 10.1. The van der Waals surface area contributed by atoms with E-state index < -0.39 is 5.91 Å². The predicted molar refractivity (Wildman–Crippen MR) is 85.2 cm³/mol. The van der Waals surface area contributed by atoms with Gasteiger partial charge in [0.2, 0.25) is 0 Å². The van der Waals surface area contributed by atoms with Crippen molar-refractivity contribution in [3.05, 3.63) is 53.6 Å². The van der Waals surface area contributed by atoms with Crippen LogP contribution in [0.25, 0.3) is 0 Å². The number of phenols is 1. The zero-order valence-corrected chi connectivity index (χ0v) is 12.6. The van der Waals surface area contributed by atoms with E-state index in [2.05, 4.69) is 10.5 Å². The van der Waals surface area contributed by atoms with Crippen LogP contribution in [0, 0.1) is 0 Å². The molecule has 2 aromatic carbocycles. The van der Waals surface area contributed by atoms with Gasteiger partial charge in [0.25, 0.3) is 5.91 Å². The monoisotopic (exact) mass is 312 g/mol. The first-order chi connectivity index (χ1) is 11.1. The van der Waals surface area contributed by atoms with Crippen LogP contribution in [0.1, 0.15) is 22.8 Å². The molecule has 0 saturated carbocycles. The molecule has 23 heavy (non-hydrogen) atoms. The topological polar surface area (TPSA) is 80.2 Å². The molecule has 118 valence electrons. The average molecular weight is 312 g/mol. The first-order valence-corrected chi connectivity index (χ1v) is 7.17. The van der Waals surface area contributed by atoms with Crippen molar-refractivity contribution >= 4 is 11.6 Å². The fraction of sp³-hybridized carbons (Fsp3) is 0.176. The molecule has 1 aliphatic rings. The fourth-order valence-corrected chi connectivity index (χ4v) is 2.18. The van der Waals surface area contributed by atoms with E-state index in [1.165, 1.54) is 12.1 Å². The third kappa shape index (κ3) is 3.42. The van der Waals surface area contributed by atoms with E-state index in [1.807, 2.05) is 18.2 Å². The Morgan fingerprint density at radius 2 is 1.87 bits per heavy atom. The van der Waals surface area contributed by atoms with Crippen molar-refractivity contribution in [3.63, 3.8) is 0 Å². The highest BCUT2D eigenvalue weighted by Gasteiger charge is 2.13. The molecular weight excluding hydrogens is 296 g/mol. The molecule has 0 radical (unpaired) electrons. The number of rotatable bonds is 3. The molecule has 0 unspecified atom stereocenters. The second-order valence-electron chi connectivity index (χ2n) is 5.05. The Labute approximate surface area is 133 Å². The van der Waals surface area contributed by atoms with Gasteiger partial charge in [0.05, 0.1) is 5.71 Å². The minimum atomic E-state index is -0.391. The molecule has 0 saturated heterocycles. The molecule has 3 rings (SSSR count). The second kappa shape index (κ2) is 6.39. The van der Waals surface area contributed by atoms with Crippen LogP contribution in [-0.2, 0) is 0 Å². The number of nitrogens with zero attached hydrogens (tertiary/aromatic N) is 1. The number of hydrazone groups is 1. The number of amides is 1. The van der Waals surface area contributed by atoms with Gasteiger partial charge in [0.1, 0.15) is 19.0 Å². The number of ether oxygens (including phenoxy) is 2. The van der Waals surface area contributed by atoms with Crippen LogP contribution in [0.15, 0.2) is 47.6 Å². The minimum absolute atomic E-state index is 0.0326. The summed E-state index contributed by atoms with van der Waals surface area (Å²) >= 11 is 0. The van der Waals surface area contributed by atoms with Crippen molar-refractivity contribution in [2.24, 2.45) is 5.10 Å². The van der Waals surface area contributed by atoms with Gasteiger partial charge >= 0.3 is 0 Å². The Hall–Kier alpha value is -3.02. The van der Waals surface area contributed by atoms with Crippen LogP contribution in [0.5, 0.6) is 17.2 Å². The molecule has 0 atom stereocenters. The Morgan fingerprint density at radius 1 is 1.09 bits per heavy atom. The predicted octanol–water partition coefficient (Wildman–Crippen LogP) is 2.32. The lowest BCUT2D eigenvalue weighted by molar-refractivity contribution is 0.0954. The number of hydrogen-bond acceptors (Lipinski definition) is 5. The molecule has 1 heterocycles. The Morgan fingerprint density at radius 3 is 2.65 bits per heavy atom. The van der Waals surface area contributed by atoms with Gasteiger partial charge in [-0.3, -0.25) is 4.79 Å². The summed E-state index contributed by atoms with van der Waals surface area (Å²) in [6.45, 7) is 2.84. The number of fused-ring (bicyclic) bond motifs is 1. The molecule has 0 spiro atoms. The SMILES string of the molecule is C/C(=N\NC(=O)c1cccc(O)c1)c1ccc2c(c1)OCCO2. The largest absolute Gasteiger partial charge is 0.508 e. The number of hydrogen-bond donors (Lipinski definition) is 2. The van der Waals surface area contributed by atoms with E-state index in [1.54, 1.807) is 19.1 Å². The normalized spacial score (nSPS) is 13.5. The maximum absolute atomic E-state index is 12.0. The van der Waals surface area contributed by atoms with E-state index in [0.29, 0.717) is 36.0 Å². The number of phenolic OH excluding ortho intramolecular Hbond substituents is 1. The molecule has 0 bridgehead atoms. The summed E-state index contributed by atoms with van der Waals surface area (Å²) in [6.07, 6.45) is 0. The average Bonchev–Trinajstić information content (AvgIpc) is 2.59. The standard InChI is InChI=1S/C17H16N2O4/c1-11(12-5-6-15-16(10-12)23-8-7-22-15)18-19-17(21)13-3-2-4-14(20)9-13/h2-6,9-10,20H,7-8H2,1H3,(H,19,21)/b18-11+. The zero-order valence-electron chi connectivity index (χ0n) is 12.6. The molecule has 0 aromatic heterocycles. The van der Waals surface area contributed by atoms with Crippen molar-refractivity contribution in [1.82, 2.24) is 5.43 Å². The van der Waals surface area contributed by atoms with Crippen LogP contribution in [0.4, 0.5) is 0 Å². The van der Waals surface area contributed by atoms with Gasteiger partial charge in [-0.25, -0.2) is 5.43 Å². The van der Waals surface area contributed by atoms with E-state index in [4.69, 9.17) is 9.47 Å². The van der Waals surface area contributed by atoms with E-state index in [0.717, 1.165) is 5.56 Å². The lowest BCUT2D eigenvalue weighted by Crippen LogP contribution is -2.19. The van der Waals surface area contributed by atoms with E-state index >= 15 is 0 Å². The Kier molecular flexibility index (Phi) is 4.14. The smallest absolute Gasteiger partial charge is 0.271 e. The van der Waals surface area contributed by atoms with Gasteiger partial charge in [0.15, 0.2) is 11.5 Å². The number of carbonyl (C=O) groups is 1. The molecule has 6 heteroatoms. The molecule has 2 aromatic rings. The van der Waals surface area contributed by atoms with Crippen molar-refractivity contribution < 1.29 is 19.4 Å². The third-order valence-corrected chi connectivity index (χ3v) is 3.39. The summed E-state index contributed by atoms with van der Waals surface area (Å²) in [6, 6.07) is 11.6. The highest BCUT2D eigenvalue weighted by atomic mass is 16.6. The van der Waals surface area contributed by atoms with Crippen molar-refractivity contribution in [2.75, 3.05) is 13.2 Å². The third-order valence-electron chi connectivity index (χ3n) is 3.39. The summed E-state index contributed by atoms with van der Waals surface area (Å²) < 4.78 is 11.0. The van der Waals surface area contributed by atoms with Gasteiger partial charge < -0.3 is 14.6 Å². The van der Waals surface area contributed by atoms with Gasteiger partial charge in [-0.05, 0) is 43.3 Å². The number of carbonyl (C=O) groups excluding carboxylic acids is 1. The number of aromatic hydroxyl groups is 1. The van der Waals surface area contributed by atoms with Gasteiger partial charge in [-0.2, -0.15) is 5.10 Å². The second-order valence-corrected chi connectivity index (χ2v) is 5.05. The van der Waals surface area contributed by atoms with Crippen molar-refractivity contribution in [3.8, 4) is 17.2 Å². The quantitative estimate of drug-likeness (QED) is 0.673. The van der Waals surface area contributed by atoms with E-state index in [-0.39, 0.29) is 5.75 Å². The van der Waals surface area contributed by atoms with Crippen molar-refractivity contribution in [2.45, 2.75) is 6.92 Å². The summed E-state index contributed by atoms with van der Waals surface area (Å²) in [5.41, 5.74) is 4.27. The minimum Gasteiger partial charge on any atom is -0.508 e. The van der Waals surface area contributed by atoms with Crippen LogP contribution in [0.2, 0.25) is 0 Å². The maximum Gasteiger partial charge on any atom is 0.271 e. The number of benzene rings is 2. The van der Waals surface area contributed by atoms with Crippen LogP contribution < -0.4 is 14.9 Å². The first-order valence-electron chi connectivity index (χ1n) is 7.17. The van der Waals surface area contributed by atoms with Crippen LogP contribution >= 0.6 is 0 Å². The van der Waals surface area contributed by atoms with Gasteiger partial charge in [0, 0.05) is 11.1 Å². The summed E-state index contributed by atoms with van der Waals surface area (Å²) in [7, 11) is 0. The molecular formula is C17H16N2O4. The van der Waals surface area contributed by atoms with E-state index in [9.17, 15) is 9.90 Å². The highest BCUT2D eigenvalue weighted by Crippen LogP contribution is 2.30. The van der Waals surface area contributed by atoms with Gasteiger partial charge in [-0.1, -0.05) is 6.07 Å². The zero-order chi connectivity index (χ0) is 16.2. The summed E-state index contributed by atoms with van der Waals surface area (Å²) in [5.74, 6) is 1.02. The van der Waals surface area contributed by atoms with Crippen LogP contribution in [-0.4, -0.2) is 29.9 Å². The van der Waals surface area contributed by atoms with Crippen LogP contribution in [0.3, 0.4) is 0 Å². The van der Waals surface area contributed by atoms with Crippen molar-refractivity contribution in [1.29, 1.82) is 0 Å². The molecule has 2 N–H and O–H groups in total. The van der Waals surface area contributed by atoms with Gasteiger partial charge in [-0.15, -0.1) is 0 Å². The fourth-order valence-electron chi connectivity index (χ4n) is 2.18. The molecule has 0 fully saturated rings. The first kappa shape index (κ1) is 14.9. The lowest BCUT2D eigenvalue weighted by Gasteiger charge is -2.18. The Bertz CT molecular complexity index is 771. The number of nitrogens with one attached hydrogen (secondary N) is 1. The molecule has 6 nitrogen and oxygen atoms in total. The summed E-state index contributed by atoms with van der Waals surface area (Å²) in [5, 5.41) is 13.5. The highest BCUT2D eigenvalue weighted by molar-refractivity contribution is 6.01.